The molecule has 0 bridgehead atoms. The second-order valence-corrected chi connectivity index (χ2v) is 2.86. The topological polar surface area (TPSA) is 100 Å². The van der Waals surface area contributed by atoms with Gasteiger partial charge >= 0.3 is 11.7 Å². The molecule has 0 fully saturated rings. The van der Waals surface area contributed by atoms with Gasteiger partial charge in [-0.25, -0.2) is 9.59 Å². The molecule has 2 N–H and O–H groups in total. The third-order valence-corrected chi connectivity index (χ3v) is 1.89. The molecule has 1 aromatic heterocycles. The van der Waals surface area contributed by atoms with Crippen molar-refractivity contribution >= 4 is 16.9 Å². The minimum atomic E-state index is -1.15. The summed E-state index contributed by atoms with van der Waals surface area (Å²) in [5, 5.41) is 8.72. The molecule has 15 heavy (non-hydrogen) atoms. The Hall–Kier alpha value is -2.37. The van der Waals surface area contributed by atoms with Crippen molar-refractivity contribution in [2.24, 2.45) is 0 Å². The summed E-state index contributed by atoms with van der Waals surface area (Å²) < 4.78 is 4.67. The fourth-order valence-corrected chi connectivity index (χ4v) is 1.21. The molecular weight excluding hydrogens is 202 g/mol. The summed E-state index contributed by atoms with van der Waals surface area (Å²) in [5.74, 6) is -2.02. The van der Waals surface area contributed by atoms with Gasteiger partial charge in [0, 0.05) is 0 Å². The molecule has 1 heterocycles. The number of hydrogen-bond acceptors (Lipinski definition) is 4. The lowest BCUT2D eigenvalue weighted by Crippen LogP contribution is -2.18. The highest BCUT2D eigenvalue weighted by Gasteiger charge is 2.07. The second-order valence-electron chi connectivity index (χ2n) is 2.86. The normalized spacial score (nSPS) is 10.4. The van der Waals surface area contributed by atoms with Gasteiger partial charge in [0.05, 0.1) is 10.9 Å². The summed E-state index contributed by atoms with van der Waals surface area (Å²) in [4.78, 5) is 34.6. The summed E-state index contributed by atoms with van der Waals surface area (Å²) in [6, 6.07) is 3.68. The van der Waals surface area contributed by atoms with Gasteiger partial charge in [0.15, 0.2) is 0 Å². The van der Waals surface area contributed by atoms with Crippen molar-refractivity contribution in [1.82, 2.24) is 4.98 Å². The van der Waals surface area contributed by atoms with Crippen molar-refractivity contribution in [3.8, 4) is 0 Å². The fraction of sp³-hybridized carbons (Fsp3) is 0. The Balaban J connectivity index is 2.89. The van der Waals surface area contributed by atoms with E-state index >= 15 is 0 Å². The van der Waals surface area contributed by atoms with Crippen LogP contribution in [-0.4, -0.2) is 16.1 Å². The average Bonchev–Trinajstić information content (AvgIpc) is 2.16. The van der Waals surface area contributed by atoms with Crippen molar-refractivity contribution in [3.63, 3.8) is 0 Å². The van der Waals surface area contributed by atoms with Gasteiger partial charge in [-0.3, -0.25) is 9.78 Å². The van der Waals surface area contributed by atoms with E-state index in [0.29, 0.717) is 0 Å². The highest BCUT2D eigenvalue weighted by atomic mass is 16.4. The molecule has 1 aromatic carbocycles. The summed E-state index contributed by atoms with van der Waals surface area (Å²) in [6.07, 6.45) is 0. The number of nitrogens with one attached hydrogen (secondary N) is 1. The van der Waals surface area contributed by atoms with Gasteiger partial charge in [-0.1, -0.05) is 0 Å². The highest BCUT2D eigenvalue weighted by molar-refractivity contribution is 5.92. The first-order chi connectivity index (χ1) is 7.08. The van der Waals surface area contributed by atoms with Crippen LogP contribution < -0.4 is 11.3 Å². The van der Waals surface area contributed by atoms with E-state index in [-0.39, 0.29) is 16.5 Å². The van der Waals surface area contributed by atoms with E-state index in [0.717, 1.165) is 6.07 Å². The van der Waals surface area contributed by atoms with Crippen molar-refractivity contribution in [2.45, 2.75) is 0 Å². The lowest BCUT2D eigenvalue weighted by molar-refractivity contribution is 0.0697. The molecule has 6 nitrogen and oxygen atoms in total. The fourth-order valence-electron chi connectivity index (χ4n) is 1.21. The maximum atomic E-state index is 11.3. The van der Waals surface area contributed by atoms with Gasteiger partial charge in [-0.15, -0.1) is 0 Å². The summed E-state index contributed by atoms with van der Waals surface area (Å²) in [7, 11) is 0. The van der Waals surface area contributed by atoms with Gasteiger partial charge in [0.2, 0.25) is 0 Å². The van der Waals surface area contributed by atoms with Crippen LogP contribution in [-0.2, 0) is 0 Å². The number of carboxylic acid groups (broad SMARTS) is 1. The molecule has 0 aliphatic heterocycles. The van der Waals surface area contributed by atoms with Crippen LogP contribution >= 0.6 is 0 Å². The van der Waals surface area contributed by atoms with Crippen LogP contribution in [0.5, 0.6) is 0 Å². The monoisotopic (exact) mass is 207 g/mol. The summed E-state index contributed by atoms with van der Waals surface area (Å²) >= 11 is 0. The van der Waals surface area contributed by atoms with Crippen LogP contribution in [0.1, 0.15) is 10.4 Å². The second kappa shape index (κ2) is 3.09. The van der Waals surface area contributed by atoms with Crippen molar-refractivity contribution in [2.75, 3.05) is 0 Å². The van der Waals surface area contributed by atoms with Gasteiger partial charge in [-0.05, 0) is 18.2 Å². The van der Waals surface area contributed by atoms with Crippen LogP contribution in [0.25, 0.3) is 11.0 Å². The SMILES string of the molecule is O=C(O)c1ccc2oc(=O)[nH]c(=O)c2c1. The van der Waals surface area contributed by atoms with E-state index < -0.39 is 17.3 Å². The predicted octanol–water partition coefficient (Wildman–Crippen LogP) is 0.179. The quantitative estimate of drug-likeness (QED) is 0.694. The van der Waals surface area contributed by atoms with E-state index in [2.05, 4.69) is 4.42 Å². The van der Waals surface area contributed by atoms with Gasteiger partial charge in [0.25, 0.3) is 5.56 Å². The predicted molar refractivity (Wildman–Crippen MR) is 50.1 cm³/mol. The summed E-state index contributed by atoms with van der Waals surface area (Å²) in [6.45, 7) is 0. The molecule has 0 saturated heterocycles. The number of aromatic carboxylic acids is 1. The third-order valence-electron chi connectivity index (χ3n) is 1.89. The minimum absolute atomic E-state index is 0.0366. The lowest BCUT2D eigenvalue weighted by atomic mass is 10.1. The molecule has 0 spiro atoms. The zero-order valence-electron chi connectivity index (χ0n) is 7.31. The van der Waals surface area contributed by atoms with Crippen LogP contribution in [0.2, 0.25) is 0 Å². The Labute approximate surface area is 81.8 Å². The number of H-pyrrole nitrogens is 1. The number of aromatic amines is 1. The summed E-state index contributed by atoms with van der Waals surface area (Å²) in [5.41, 5.74) is -0.639. The highest BCUT2D eigenvalue weighted by Crippen LogP contribution is 2.10. The van der Waals surface area contributed by atoms with E-state index in [1.54, 1.807) is 0 Å². The first kappa shape index (κ1) is 9.20. The molecule has 2 rings (SSSR count). The number of rotatable bonds is 1. The van der Waals surface area contributed by atoms with Crippen LogP contribution in [0.15, 0.2) is 32.2 Å². The Morgan fingerprint density at radius 1 is 1.33 bits per heavy atom. The van der Waals surface area contributed by atoms with Crippen molar-refractivity contribution < 1.29 is 14.3 Å². The zero-order valence-corrected chi connectivity index (χ0v) is 7.31. The minimum Gasteiger partial charge on any atom is -0.478 e. The van der Waals surface area contributed by atoms with E-state index in [1.165, 1.54) is 12.1 Å². The molecule has 76 valence electrons. The lowest BCUT2D eigenvalue weighted by Gasteiger charge is -1.96. The number of carboxylic acids is 1. The van der Waals surface area contributed by atoms with Crippen molar-refractivity contribution in [1.29, 1.82) is 0 Å². The van der Waals surface area contributed by atoms with Crippen LogP contribution in [0.3, 0.4) is 0 Å². The molecule has 0 unspecified atom stereocenters. The van der Waals surface area contributed by atoms with Gasteiger partial charge in [-0.2, -0.15) is 0 Å². The zero-order chi connectivity index (χ0) is 11.0. The molecule has 0 saturated carbocycles. The van der Waals surface area contributed by atoms with E-state index in [9.17, 15) is 14.4 Å². The van der Waals surface area contributed by atoms with E-state index in [4.69, 9.17) is 5.11 Å². The standard InChI is InChI=1S/C9H5NO5/c11-7-5-3-4(8(12)13)1-2-6(5)15-9(14)10-7/h1-3H,(H,12,13)(H,10,11,14). The van der Waals surface area contributed by atoms with Crippen LogP contribution in [0, 0.1) is 0 Å². The third kappa shape index (κ3) is 1.52. The smallest absolute Gasteiger partial charge is 0.419 e. The number of carbonyl (C=O) groups is 1. The molecule has 0 radical (unpaired) electrons. The Morgan fingerprint density at radius 3 is 2.73 bits per heavy atom. The molecule has 6 heteroatoms. The maximum Gasteiger partial charge on any atom is 0.419 e. The molecule has 0 aliphatic carbocycles. The number of aromatic nitrogens is 1. The Bertz CT molecular complexity index is 651. The molecule has 0 amide bonds. The molecule has 0 atom stereocenters. The van der Waals surface area contributed by atoms with Crippen molar-refractivity contribution in [3.05, 3.63) is 44.7 Å². The first-order valence-electron chi connectivity index (χ1n) is 3.98. The first-order valence-corrected chi connectivity index (χ1v) is 3.98. The number of fused-ring (bicyclic) bond motifs is 1. The van der Waals surface area contributed by atoms with Gasteiger partial charge < -0.3 is 9.52 Å². The Kier molecular flexibility index (Phi) is 1.89. The number of benzene rings is 1. The average molecular weight is 207 g/mol. The Morgan fingerprint density at radius 2 is 2.07 bits per heavy atom. The number of hydrogen-bond donors (Lipinski definition) is 2. The van der Waals surface area contributed by atoms with Crippen LogP contribution in [0.4, 0.5) is 0 Å². The van der Waals surface area contributed by atoms with Gasteiger partial charge in [0.1, 0.15) is 5.58 Å². The molecular formula is C9H5NO5. The largest absolute Gasteiger partial charge is 0.478 e. The molecule has 0 aliphatic rings. The maximum absolute atomic E-state index is 11.3. The van der Waals surface area contributed by atoms with E-state index in [1.807, 2.05) is 4.98 Å². The molecule has 2 aromatic rings.